The minimum Gasteiger partial charge on any atom is -0.456 e. The van der Waals surface area contributed by atoms with Gasteiger partial charge in [0.25, 0.3) is 0 Å². The predicted molar refractivity (Wildman–Crippen MR) is 43.2 cm³/mol. The van der Waals surface area contributed by atoms with Crippen molar-refractivity contribution in [3.05, 3.63) is 0 Å². The zero-order valence-corrected chi connectivity index (χ0v) is 8.06. The normalized spacial score (nSPS) is 48.9. The first-order valence-corrected chi connectivity index (χ1v) is 4.76. The molecule has 0 aliphatic carbocycles. The van der Waals surface area contributed by atoms with E-state index in [0.29, 0.717) is 6.42 Å². The Kier molecular flexibility index (Phi) is 1.53. The molecule has 3 aliphatic heterocycles. The van der Waals surface area contributed by atoms with Gasteiger partial charge in [0.05, 0.1) is 6.42 Å². The van der Waals surface area contributed by atoms with Gasteiger partial charge in [-0.2, -0.15) is 0 Å². The van der Waals surface area contributed by atoms with Gasteiger partial charge in [0.1, 0.15) is 6.10 Å². The summed E-state index contributed by atoms with van der Waals surface area (Å²) in [6.07, 6.45) is -0.803. The van der Waals surface area contributed by atoms with Gasteiger partial charge in [0.15, 0.2) is 24.3 Å². The van der Waals surface area contributed by atoms with E-state index in [2.05, 4.69) is 0 Å². The molecular weight excluding hydrogens is 188 g/mol. The van der Waals surface area contributed by atoms with Gasteiger partial charge in [-0.05, 0) is 13.8 Å². The lowest BCUT2D eigenvalue weighted by Gasteiger charge is -2.20. The van der Waals surface area contributed by atoms with E-state index in [1.165, 1.54) is 0 Å². The van der Waals surface area contributed by atoms with E-state index < -0.39 is 5.79 Å². The summed E-state index contributed by atoms with van der Waals surface area (Å²) in [5.41, 5.74) is 0. The van der Waals surface area contributed by atoms with Crippen molar-refractivity contribution in [2.75, 3.05) is 0 Å². The van der Waals surface area contributed by atoms with E-state index in [4.69, 9.17) is 18.9 Å². The molecule has 0 aromatic heterocycles. The van der Waals surface area contributed by atoms with Crippen LogP contribution in [0.25, 0.3) is 0 Å². The van der Waals surface area contributed by atoms with Crippen LogP contribution in [0.2, 0.25) is 0 Å². The van der Waals surface area contributed by atoms with Gasteiger partial charge in [-0.15, -0.1) is 0 Å². The van der Waals surface area contributed by atoms with Crippen molar-refractivity contribution in [1.82, 2.24) is 0 Å². The third-order valence-electron chi connectivity index (χ3n) is 2.72. The quantitative estimate of drug-likeness (QED) is 0.522. The summed E-state index contributed by atoms with van der Waals surface area (Å²) < 4.78 is 21.8. The Hall–Kier alpha value is -0.650. The van der Waals surface area contributed by atoms with Crippen molar-refractivity contribution in [1.29, 1.82) is 0 Å². The number of rotatable bonds is 0. The molecule has 3 saturated heterocycles. The van der Waals surface area contributed by atoms with E-state index in [1.807, 2.05) is 13.8 Å². The first-order valence-electron chi connectivity index (χ1n) is 4.76. The summed E-state index contributed by atoms with van der Waals surface area (Å²) in [5.74, 6) is -0.860. The van der Waals surface area contributed by atoms with Gasteiger partial charge in [-0.25, -0.2) is 0 Å². The third kappa shape index (κ3) is 1.09. The molecule has 0 aromatic carbocycles. The summed E-state index contributed by atoms with van der Waals surface area (Å²) in [5, 5.41) is 0. The van der Waals surface area contributed by atoms with Crippen molar-refractivity contribution in [3.8, 4) is 0 Å². The smallest absolute Gasteiger partial charge is 0.309 e. The fourth-order valence-electron chi connectivity index (χ4n) is 2.22. The highest BCUT2D eigenvalue weighted by molar-refractivity contribution is 5.73. The second kappa shape index (κ2) is 2.48. The number of fused-ring (bicyclic) bond motifs is 3. The number of esters is 1. The van der Waals surface area contributed by atoms with Gasteiger partial charge in [-0.1, -0.05) is 0 Å². The zero-order valence-electron chi connectivity index (χ0n) is 8.06. The second-order valence-corrected chi connectivity index (χ2v) is 4.30. The maximum Gasteiger partial charge on any atom is 0.309 e. The van der Waals surface area contributed by atoms with Crippen LogP contribution in [0.4, 0.5) is 0 Å². The highest BCUT2D eigenvalue weighted by Gasteiger charge is 2.59. The molecule has 3 fully saturated rings. The lowest BCUT2D eigenvalue weighted by molar-refractivity contribution is -0.209. The summed E-state index contributed by atoms with van der Waals surface area (Å²) in [7, 11) is 0. The molecule has 4 atom stereocenters. The van der Waals surface area contributed by atoms with Crippen LogP contribution >= 0.6 is 0 Å². The van der Waals surface area contributed by atoms with Crippen LogP contribution in [0.5, 0.6) is 0 Å². The van der Waals surface area contributed by atoms with Crippen LogP contribution in [-0.4, -0.2) is 36.4 Å². The Bertz CT molecular complexity index is 287. The van der Waals surface area contributed by atoms with E-state index in [0.717, 1.165) is 0 Å². The first-order chi connectivity index (χ1) is 6.55. The Morgan fingerprint density at radius 2 is 2.07 bits per heavy atom. The monoisotopic (exact) mass is 200 g/mol. The molecule has 3 aliphatic rings. The highest BCUT2D eigenvalue weighted by atomic mass is 16.8. The molecule has 5 heteroatoms. The van der Waals surface area contributed by atoms with Gasteiger partial charge < -0.3 is 18.9 Å². The Morgan fingerprint density at radius 1 is 1.29 bits per heavy atom. The molecule has 0 bridgehead atoms. The van der Waals surface area contributed by atoms with E-state index >= 15 is 0 Å². The summed E-state index contributed by atoms with van der Waals surface area (Å²) in [6, 6.07) is 0. The standard InChI is InChI=1S/C9H12O5/c1-9(2)13-7-6-4(3-5(10)12-6)11-8(7)14-9/h4,6-8H,3H2,1-2H3/t4-,6+,7?,8?/m1/s1. The van der Waals surface area contributed by atoms with Crippen molar-refractivity contribution in [2.24, 2.45) is 0 Å². The SMILES string of the molecule is CC1(C)OC2O[C@@H]3CC(=O)O[C@@H]3C2O1. The highest BCUT2D eigenvalue weighted by Crippen LogP contribution is 2.41. The molecule has 0 N–H and O–H groups in total. The second-order valence-electron chi connectivity index (χ2n) is 4.30. The summed E-state index contributed by atoms with van der Waals surface area (Å²) >= 11 is 0. The van der Waals surface area contributed by atoms with Crippen LogP contribution in [0.15, 0.2) is 0 Å². The average Bonchev–Trinajstić information content (AvgIpc) is 2.58. The van der Waals surface area contributed by atoms with Crippen LogP contribution in [0.1, 0.15) is 20.3 Å². The largest absolute Gasteiger partial charge is 0.456 e. The number of ether oxygens (including phenoxy) is 4. The minimum atomic E-state index is -0.644. The van der Waals surface area contributed by atoms with E-state index in [9.17, 15) is 4.79 Å². The maximum atomic E-state index is 11.0. The molecule has 3 heterocycles. The Balaban J connectivity index is 1.81. The number of carbonyl (C=O) groups excluding carboxylic acids is 1. The topological polar surface area (TPSA) is 54.0 Å². The van der Waals surface area contributed by atoms with E-state index in [1.54, 1.807) is 0 Å². The lowest BCUT2D eigenvalue weighted by atomic mass is 10.1. The molecule has 3 rings (SSSR count). The molecule has 0 saturated carbocycles. The predicted octanol–water partition coefficient (Wildman–Crippen LogP) is 0.178. The molecule has 0 radical (unpaired) electrons. The van der Waals surface area contributed by atoms with Crippen molar-refractivity contribution < 1.29 is 23.7 Å². The molecule has 0 amide bonds. The van der Waals surface area contributed by atoms with Gasteiger partial charge in [0.2, 0.25) is 0 Å². The lowest BCUT2D eigenvalue weighted by Crippen LogP contribution is -2.32. The zero-order chi connectivity index (χ0) is 9.92. The molecule has 0 aromatic rings. The molecular formula is C9H12O5. The Labute approximate surface area is 81.3 Å². The van der Waals surface area contributed by atoms with Gasteiger partial charge >= 0.3 is 5.97 Å². The van der Waals surface area contributed by atoms with Gasteiger partial charge in [0, 0.05) is 0 Å². The van der Waals surface area contributed by atoms with Crippen molar-refractivity contribution in [2.45, 2.75) is 50.7 Å². The number of hydrogen-bond donors (Lipinski definition) is 0. The van der Waals surface area contributed by atoms with Crippen LogP contribution in [0.3, 0.4) is 0 Å². The van der Waals surface area contributed by atoms with E-state index in [-0.39, 0.29) is 30.6 Å². The third-order valence-corrected chi connectivity index (χ3v) is 2.72. The van der Waals surface area contributed by atoms with Crippen molar-refractivity contribution in [3.63, 3.8) is 0 Å². The maximum absolute atomic E-state index is 11.0. The van der Waals surface area contributed by atoms with Crippen LogP contribution in [-0.2, 0) is 23.7 Å². The minimum absolute atomic E-state index is 0.186. The first kappa shape index (κ1) is 8.64. The van der Waals surface area contributed by atoms with Gasteiger partial charge in [-0.3, -0.25) is 4.79 Å². The van der Waals surface area contributed by atoms with Crippen LogP contribution < -0.4 is 0 Å². The summed E-state index contributed by atoms with van der Waals surface area (Å²) in [4.78, 5) is 11.0. The fraction of sp³-hybridized carbons (Fsp3) is 0.889. The Morgan fingerprint density at radius 3 is 2.86 bits per heavy atom. The summed E-state index contributed by atoms with van der Waals surface area (Å²) in [6.45, 7) is 3.64. The molecule has 14 heavy (non-hydrogen) atoms. The molecule has 5 nitrogen and oxygen atoms in total. The molecule has 78 valence electrons. The van der Waals surface area contributed by atoms with Crippen LogP contribution in [0, 0.1) is 0 Å². The average molecular weight is 200 g/mol. The number of hydrogen-bond acceptors (Lipinski definition) is 5. The number of carbonyl (C=O) groups is 1. The van der Waals surface area contributed by atoms with Crippen molar-refractivity contribution >= 4 is 5.97 Å². The fourth-order valence-corrected chi connectivity index (χ4v) is 2.22. The molecule has 0 spiro atoms. The molecule has 2 unspecified atom stereocenters.